The van der Waals surface area contributed by atoms with Crippen LogP contribution in [0.1, 0.15) is 52.4 Å². The Morgan fingerprint density at radius 2 is 1.90 bits per heavy atom. The molecule has 1 aliphatic carbocycles. The Kier molecular flexibility index (Phi) is 6.06. The summed E-state index contributed by atoms with van der Waals surface area (Å²) >= 11 is 0. The number of amides is 1. The summed E-state index contributed by atoms with van der Waals surface area (Å²) in [4.78, 5) is 16.8. The molecule has 2 N–H and O–H groups in total. The van der Waals surface area contributed by atoms with Gasteiger partial charge >= 0.3 is 0 Å². The summed E-state index contributed by atoms with van der Waals surface area (Å²) in [6.07, 6.45) is 7.01. The van der Waals surface area contributed by atoms with Crippen molar-refractivity contribution in [3.8, 4) is 0 Å². The van der Waals surface area contributed by atoms with Gasteiger partial charge in [0.2, 0.25) is 5.91 Å². The van der Waals surface area contributed by atoms with Gasteiger partial charge in [0.15, 0.2) is 0 Å². The Balaban J connectivity index is 1.80. The van der Waals surface area contributed by atoms with Gasteiger partial charge in [-0.25, -0.2) is 0 Å². The maximum atomic E-state index is 12.5. The van der Waals surface area contributed by atoms with Crippen molar-refractivity contribution in [1.82, 2.24) is 9.80 Å². The highest BCUT2D eigenvalue weighted by atomic mass is 16.2. The quantitative estimate of drug-likeness (QED) is 0.864. The molecule has 4 nitrogen and oxygen atoms in total. The molecule has 0 aromatic heterocycles. The summed E-state index contributed by atoms with van der Waals surface area (Å²) in [5.41, 5.74) is 6.15. The monoisotopic (exact) mass is 295 g/mol. The molecule has 0 spiro atoms. The summed E-state index contributed by atoms with van der Waals surface area (Å²) in [5.74, 6) is 1.67. The fourth-order valence-corrected chi connectivity index (χ4v) is 3.84. The van der Waals surface area contributed by atoms with E-state index in [4.69, 9.17) is 5.73 Å². The van der Waals surface area contributed by atoms with Crippen LogP contribution in [-0.2, 0) is 4.79 Å². The van der Waals surface area contributed by atoms with Crippen LogP contribution < -0.4 is 5.73 Å². The van der Waals surface area contributed by atoms with Crippen LogP contribution in [0.3, 0.4) is 0 Å². The van der Waals surface area contributed by atoms with E-state index in [0.29, 0.717) is 30.5 Å². The number of nitrogens with zero attached hydrogens (tertiary/aromatic N) is 2. The van der Waals surface area contributed by atoms with E-state index in [1.54, 1.807) is 0 Å². The minimum atomic E-state index is 0.292. The van der Waals surface area contributed by atoms with Crippen molar-refractivity contribution in [3.05, 3.63) is 0 Å². The average molecular weight is 295 g/mol. The van der Waals surface area contributed by atoms with E-state index in [-0.39, 0.29) is 0 Å². The lowest BCUT2D eigenvalue weighted by molar-refractivity contribution is -0.134. The fraction of sp³-hybridized carbons (Fsp3) is 0.941. The molecule has 1 amide bonds. The molecule has 2 unspecified atom stereocenters. The third-order valence-corrected chi connectivity index (χ3v) is 5.69. The molecule has 2 rings (SSSR count). The van der Waals surface area contributed by atoms with E-state index in [9.17, 15) is 4.79 Å². The fourth-order valence-electron chi connectivity index (χ4n) is 3.84. The van der Waals surface area contributed by atoms with Crippen molar-refractivity contribution >= 4 is 5.91 Å². The zero-order valence-electron chi connectivity index (χ0n) is 14.1. The first-order valence-corrected chi connectivity index (χ1v) is 8.74. The summed E-state index contributed by atoms with van der Waals surface area (Å²) in [5, 5.41) is 0. The number of rotatable bonds is 4. The van der Waals surface area contributed by atoms with Gasteiger partial charge in [-0.05, 0) is 43.9 Å². The van der Waals surface area contributed by atoms with Gasteiger partial charge in [-0.3, -0.25) is 9.69 Å². The molecular weight excluding hydrogens is 262 g/mol. The second kappa shape index (κ2) is 7.59. The largest absolute Gasteiger partial charge is 0.342 e. The van der Waals surface area contributed by atoms with Gasteiger partial charge in [0, 0.05) is 32.2 Å². The first-order chi connectivity index (χ1) is 10.0. The topological polar surface area (TPSA) is 49.6 Å². The molecule has 2 aliphatic rings. The van der Waals surface area contributed by atoms with Gasteiger partial charge < -0.3 is 10.6 Å². The van der Waals surface area contributed by atoms with E-state index >= 15 is 0 Å². The number of piperidine rings is 1. The van der Waals surface area contributed by atoms with Crippen molar-refractivity contribution in [2.24, 2.45) is 17.6 Å². The van der Waals surface area contributed by atoms with E-state index in [0.717, 1.165) is 31.8 Å². The number of hydrogen-bond acceptors (Lipinski definition) is 3. The molecule has 0 bridgehead atoms. The van der Waals surface area contributed by atoms with Crippen LogP contribution in [0, 0.1) is 11.8 Å². The summed E-state index contributed by atoms with van der Waals surface area (Å²) < 4.78 is 0. The number of likely N-dealkylation sites (N-methyl/N-ethyl adjacent to an activating group) is 1. The molecule has 1 saturated heterocycles. The highest BCUT2D eigenvalue weighted by Crippen LogP contribution is 2.26. The van der Waals surface area contributed by atoms with Gasteiger partial charge in [-0.2, -0.15) is 0 Å². The zero-order valence-corrected chi connectivity index (χ0v) is 14.1. The van der Waals surface area contributed by atoms with Gasteiger partial charge in [-0.15, -0.1) is 0 Å². The van der Waals surface area contributed by atoms with Crippen LogP contribution in [0.5, 0.6) is 0 Å². The average Bonchev–Trinajstić information content (AvgIpc) is 2.49. The van der Waals surface area contributed by atoms with Gasteiger partial charge in [0.05, 0.1) is 6.54 Å². The Hall–Kier alpha value is -0.610. The zero-order chi connectivity index (χ0) is 15.4. The molecule has 2 fully saturated rings. The second-order valence-corrected chi connectivity index (χ2v) is 7.27. The van der Waals surface area contributed by atoms with Crippen molar-refractivity contribution in [1.29, 1.82) is 0 Å². The second-order valence-electron chi connectivity index (χ2n) is 7.27. The Bertz CT molecular complexity index is 339. The number of likely N-dealkylation sites (tertiary alicyclic amines) is 1. The van der Waals surface area contributed by atoms with Crippen molar-refractivity contribution in [2.75, 3.05) is 26.7 Å². The van der Waals surface area contributed by atoms with Crippen LogP contribution in [0.4, 0.5) is 0 Å². The van der Waals surface area contributed by atoms with Gasteiger partial charge in [0.25, 0.3) is 0 Å². The van der Waals surface area contributed by atoms with Gasteiger partial charge in [0.1, 0.15) is 0 Å². The molecule has 4 heteroatoms. The van der Waals surface area contributed by atoms with Gasteiger partial charge in [-0.1, -0.05) is 20.3 Å². The lowest BCUT2D eigenvalue weighted by Gasteiger charge is -2.38. The summed E-state index contributed by atoms with van der Waals surface area (Å²) in [7, 11) is 2.00. The SMILES string of the molecule is CCC1CN(CC(=O)N(C)C2CCC(C)CC2)CCC1N. The molecule has 1 heterocycles. The van der Waals surface area contributed by atoms with E-state index in [2.05, 4.69) is 18.7 Å². The molecule has 1 aliphatic heterocycles. The van der Waals surface area contributed by atoms with Crippen LogP contribution >= 0.6 is 0 Å². The summed E-state index contributed by atoms with van der Waals surface area (Å²) in [6, 6.07) is 0.779. The van der Waals surface area contributed by atoms with Crippen LogP contribution in [0.2, 0.25) is 0 Å². The Morgan fingerprint density at radius 1 is 1.24 bits per heavy atom. The summed E-state index contributed by atoms with van der Waals surface area (Å²) in [6.45, 7) is 7.05. The normalized spacial score (nSPS) is 34.7. The Morgan fingerprint density at radius 3 is 2.52 bits per heavy atom. The molecule has 0 aromatic rings. The van der Waals surface area contributed by atoms with Crippen LogP contribution in [0.25, 0.3) is 0 Å². The lowest BCUT2D eigenvalue weighted by atomic mass is 9.86. The van der Waals surface area contributed by atoms with E-state index in [1.165, 1.54) is 25.7 Å². The van der Waals surface area contributed by atoms with Crippen LogP contribution in [-0.4, -0.2) is 54.5 Å². The molecule has 0 radical (unpaired) electrons. The molecule has 0 aromatic carbocycles. The van der Waals surface area contributed by atoms with Crippen molar-refractivity contribution in [3.63, 3.8) is 0 Å². The Labute approximate surface area is 130 Å². The minimum absolute atomic E-state index is 0.292. The maximum absolute atomic E-state index is 12.5. The van der Waals surface area contributed by atoms with Crippen LogP contribution in [0.15, 0.2) is 0 Å². The number of carbonyl (C=O) groups excluding carboxylic acids is 1. The predicted octanol–water partition coefficient (Wildman–Crippen LogP) is 2.08. The highest BCUT2D eigenvalue weighted by molar-refractivity contribution is 5.78. The third kappa shape index (κ3) is 4.43. The molecule has 2 atom stereocenters. The number of carbonyl (C=O) groups is 1. The first-order valence-electron chi connectivity index (χ1n) is 8.74. The molecule has 122 valence electrons. The number of nitrogens with two attached hydrogens (primary N) is 1. The first kappa shape index (κ1) is 16.8. The highest BCUT2D eigenvalue weighted by Gasteiger charge is 2.29. The molecule has 1 saturated carbocycles. The standard InChI is InChI=1S/C17H33N3O/c1-4-14-11-20(10-9-16(14)18)12-17(21)19(3)15-7-5-13(2)6-8-15/h13-16H,4-12,18H2,1-3H3. The smallest absolute Gasteiger partial charge is 0.236 e. The maximum Gasteiger partial charge on any atom is 0.236 e. The lowest BCUT2D eigenvalue weighted by Crippen LogP contribution is -2.51. The number of hydrogen-bond donors (Lipinski definition) is 1. The molecular formula is C17H33N3O. The third-order valence-electron chi connectivity index (χ3n) is 5.69. The minimum Gasteiger partial charge on any atom is -0.342 e. The van der Waals surface area contributed by atoms with E-state index in [1.807, 2.05) is 11.9 Å². The van der Waals surface area contributed by atoms with Crippen molar-refractivity contribution in [2.45, 2.75) is 64.5 Å². The molecule has 21 heavy (non-hydrogen) atoms. The van der Waals surface area contributed by atoms with E-state index < -0.39 is 0 Å². The van der Waals surface area contributed by atoms with Crippen molar-refractivity contribution < 1.29 is 4.79 Å². The predicted molar refractivity (Wildman–Crippen MR) is 87.0 cm³/mol.